The minimum absolute atomic E-state index is 0.183. The summed E-state index contributed by atoms with van der Waals surface area (Å²) in [6.45, 7) is 5.50. The minimum atomic E-state index is -0.279. The lowest BCUT2D eigenvalue weighted by atomic mass is 10.2. The van der Waals surface area contributed by atoms with E-state index in [0.717, 1.165) is 44.8 Å². The van der Waals surface area contributed by atoms with Crippen molar-refractivity contribution in [3.05, 3.63) is 41.6 Å². The standard InChI is InChI=1S/C17H24N6O2/c18-16-15(20-21-23(16)13-14-5-2-1-3-6-14)17(24)19-7-4-8-22-9-11-25-12-10-22/h1-3,5-6H,4,7-13,18H2,(H,19,24). The number of nitrogen functional groups attached to an aromatic ring is 1. The van der Waals surface area contributed by atoms with Crippen LogP contribution in [0.4, 0.5) is 5.82 Å². The fourth-order valence-electron chi connectivity index (χ4n) is 2.77. The number of nitrogens with zero attached hydrogens (tertiary/aromatic N) is 4. The molecule has 0 aliphatic carbocycles. The van der Waals surface area contributed by atoms with Gasteiger partial charge in [0.05, 0.1) is 19.8 Å². The molecule has 0 radical (unpaired) electrons. The van der Waals surface area contributed by atoms with Gasteiger partial charge in [0.15, 0.2) is 11.5 Å². The Bertz CT molecular complexity index is 682. The fraction of sp³-hybridized carbons (Fsp3) is 0.471. The van der Waals surface area contributed by atoms with Crippen molar-refractivity contribution in [1.29, 1.82) is 0 Å². The van der Waals surface area contributed by atoms with Gasteiger partial charge in [-0.05, 0) is 18.5 Å². The highest BCUT2D eigenvalue weighted by molar-refractivity contribution is 5.96. The predicted octanol–water partition coefficient (Wildman–Crippen LogP) is 0.361. The maximum atomic E-state index is 12.2. The van der Waals surface area contributed by atoms with E-state index in [1.165, 1.54) is 4.68 Å². The molecule has 134 valence electrons. The van der Waals surface area contributed by atoms with Crippen LogP contribution in [0.1, 0.15) is 22.5 Å². The number of carbonyl (C=O) groups excluding carboxylic acids is 1. The van der Waals surface area contributed by atoms with Crippen molar-refractivity contribution in [1.82, 2.24) is 25.2 Å². The molecule has 0 spiro atoms. The second-order valence-corrected chi connectivity index (χ2v) is 6.03. The first kappa shape index (κ1) is 17.4. The van der Waals surface area contributed by atoms with Crippen LogP contribution in [-0.4, -0.2) is 65.2 Å². The van der Waals surface area contributed by atoms with Crippen molar-refractivity contribution in [3.8, 4) is 0 Å². The molecule has 0 unspecified atom stereocenters. The van der Waals surface area contributed by atoms with Crippen molar-refractivity contribution in [2.24, 2.45) is 0 Å². The Hall–Kier alpha value is -2.45. The lowest BCUT2D eigenvalue weighted by Crippen LogP contribution is -2.38. The summed E-state index contributed by atoms with van der Waals surface area (Å²) >= 11 is 0. The molecule has 3 N–H and O–H groups in total. The molecule has 8 heteroatoms. The molecule has 1 amide bonds. The van der Waals surface area contributed by atoms with Crippen LogP contribution in [-0.2, 0) is 11.3 Å². The summed E-state index contributed by atoms with van der Waals surface area (Å²) in [7, 11) is 0. The van der Waals surface area contributed by atoms with Crippen LogP contribution < -0.4 is 11.1 Å². The highest BCUT2D eigenvalue weighted by Crippen LogP contribution is 2.10. The van der Waals surface area contributed by atoms with Gasteiger partial charge in [-0.25, -0.2) is 4.68 Å². The molecular weight excluding hydrogens is 320 g/mol. The van der Waals surface area contributed by atoms with E-state index in [4.69, 9.17) is 10.5 Å². The molecule has 0 atom stereocenters. The van der Waals surface area contributed by atoms with Crippen molar-refractivity contribution >= 4 is 11.7 Å². The van der Waals surface area contributed by atoms with E-state index in [9.17, 15) is 4.79 Å². The number of nitrogens with one attached hydrogen (secondary N) is 1. The molecule has 25 heavy (non-hydrogen) atoms. The molecule has 8 nitrogen and oxygen atoms in total. The van der Waals surface area contributed by atoms with Gasteiger partial charge >= 0.3 is 0 Å². The average molecular weight is 344 g/mol. The average Bonchev–Trinajstić information content (AvgIpc) is 3.01. The van der Waals surface area contributed by atoms with Gasteiger partial charge in [0.1, 0.15) is 0 Å². The van der Waals surface area contributed by atoms with Crippen LogP contribution in [0.3, 0.4) is 0 Å². The molecular formula is C17H24N6O2. The second-order valence-electron chi connectivity index (χ2n) is 6.03. The van der Waals surface area contributed by atoms with Crippen molar-refractivity contribution in [3.63, 3.8) is 0 Å². The number of anilines is 1. The number of hydrogen-bond donors (Lipinski definition) is 2. The number of morpholine rings is 1. The molecule has 2 aromatic rings. The Morgan fingerprint density at radius 2 is 2.00 bits per heavy atom. The van der Waals surface area contributed by atoms with Crippen LogP contribution in [0.15, 0.2) is 30.3 Å². The largest absolute Gasteiger partial charge is 0.382 e. The van der Waals surface area contributed by atoms with Gasteiger partial charge in [-0.3, -0.25) is 9.69 Å². The number of ether oxygens (including phenoxy) is 1. The molecule has 0 saturated carbocycles. The number of benzene rings is 1. The van der Waals surface area contributed by atoms with Gasteiger partial charge in [-0.1, -0.05) is 35.5 Å². The quantitative estimate of drug-likeness (QED) is 0.704. The number of aromatic nitrogens is 3. The lowest BCUT2D eigenvalue weighted by Gasteiger charge is -2.26. The summed E-state index contributed by atoms with van der Waals surface area (Å²) < 4.78 is 6.86. The Kier molecular flexibility index (Phi) is 5.97. The van der Waals surface area contributed by atoms with Crippen LogP contribution in [0.5, 0.6) is 0 Å². The van der Waals surface area contributed by atoms with Crippen molar-refractivity contribution in [2.45, 2.75) is 13.0 Å². The third kappa shape index (κ3) is 4.77. The number of amides is 1. The van der Waals surface area contributed by atoms with Crippen molar-refractivity contribution in [2.75, 3.05) is 45.1 Å². The van der Waals surface area contributed by atoms with E-state index >= 15 is 0 Å². The maximum Gasteiger partial charge on any atom is 0.275 e. The molecule has 1 aliphatic heterocycles. The molecule has 2 heterocycles. The zero-order chi connectivity index (χ0) is 17.5. The first-order valence-corrected chi connectivity index (χ1v) is 8.55. The van der Waals surface area contributed by atoms with E-state index in [0.29, 0.717) is 13.1 Å². The zero-order valence-corrected chi connectivity index (χ0v) is 14.2. The predicted molar refractivity (Wildman–Crippen MR) is 94.2 cm³/mol. The summed E-state index contributed by atoms with van der Waals surface area (Å²) in [4.78, 5) is 14.6. The summed E-state index contributed by atoms with van der Waals surface area (Å²) in [6.07, 6.45) is 0.879. The zero-order valence-electron chi connectivity index (χ0n) is 14.2. The summed E-state index contributed by atoms with van der Waals surface area (Å²) in [5.41, 5.74) is 7.26. The highest BCUT2D eigenvalue weighted by Gasteiger charge is 2.17. The summed E-state index contributed by atoms with van der Waals surface area (Å²) in [6, 6.07) is 9.80. The molecule has 1 aromatic carbocycles. The van der Waals surface area contributed by atoms with E-state index < -0.39 is 0 Å². The van der Waals surface area contributed by atoms with E-state index in [1.54, 1.807) is 0 Å². The smallest absolute Gasteiger partial charge is 0.275 e. The molecule has 1 aliphatic rings. The van der Waals surface area contributed by atoms with Gasteiger partial charge in [0.25, 0.3) is 5.91 Å². The van der Waals surface area contributed by atoms with Gasteiger partial charge in [0.2, 0.25) is 0 Å². The molecule has 1 fully saturated rings. The minimum Gasteiger partial charge on any atom is -0.382 e. The first-order valence-electron chi connectivity index (χ1n) is 8.55. The van der Waals surface area contributed by atoms with Gasteiger partial charge in [0, 0.05) is 19.6 Å². The molecule has 3 rings (SSSR count). The monoisotopic (exact) mass is 344 g/mol. The number of nitrogens with two attached hydrogens (primary N) is 1. The second kappa shape index (κ2) is 8.59. The number of carbonyl (C=O) groups is 1. The summed E-state index contributed by atoms with van der Waals surface area (Å²) in [5.74, 6) is 0.00771. The molecule has 1 aromatic heterocycles. The SMILES string of the molecule is Nc1c(C(=O)NCCCN2CCOCC2)nnn1Cc1ccccc1. The normalized spacial score (nSPS) is 15.2. The number of hydrogen-bond acceptors (Lipinski definition) is 6. The van der Waals surface area contributed by atoms with Gasteiger partial charge < -0.3 is 15.8 Å². The van der Waals surface area contributed by atoms with E-state index in [1.807, 2.05) is 30.3 Å². The Labute approximate surface area is 146 Å². The van der Waals surface area contributed by atoms with Crippen LogP contribution in [0, 0.1) is 0 Å². The maximum absolute atomic E-state index is 12.2. The van der Waals surface area contributed by atoms with E-state index in [-0.39, 0.29) is 17.4 Å². The first-order chi connectivity index (χ1) is 12.2. The number of rotatable bonds is 7. The third-order valence-electron chi connectivity index (χ3n) is 4.20. The van der Waals surface area contributed by atoms with Gasteiger partial charge in [-0.2, -0.15) is 0 Å². The molecule has 0 bridgehead atoms. The van der Waals surface area contributed by atoms with Gasteiger partial charge in [-0.15, -0.1) is 5.10 Å². The Balaban J connectivity index is 1.47. The summed E-state index contributed by atoms with van der Waals surface area (Å²) in [5, 5.41) is 10.8. The van der Waals surface area contributed by atoms with E-state index in [2.05, 4.69) is 20.5 Å². The highest BCUT2D eigenvalue weighted by atomic mass is 16.5. The topological polar surface area (TPSA) is 98.3 Å². The Morgan fingerprint density at radius 1 is 1.24 bits per heavy atom. The Morgan fingerprint density at radius 3 is 2.76 bits per heavy atom. The van der Waals surface area contributed by atoms with Crippen LogP contribution >= 0.6 is 0 Å². The van der Waals surface area contributed by atoms with Crippen molar-refractivity contribution < 1.29 is 9.53 Å². The lowest BCUT2D eigenvalue weighted by molar-refractivity contribution is 0.0374. The van der Waals surface area contributed by atoms with Crippen LogP contribution in [0.2, 0.25) is 0 Å². The fourth-order valence-corrected chi connectivity index (χ4v) is 2.77. The van der Waals surface area contributed by atoms with Crippen LogP contribution in [0.25, 0.3) is 0 Å². The third-order valence-corrected chi connectivity index (χ3v) is 4.20. The molecule has 1 saturated heterocycles.